The van der Waals surface area contributed by atoms with Gasteiger partial charge >= 0.3 is 0 Å². The van der Waals surface area contributed by atoms with Crippen LogP contribution in [-0.4, -0.2) is 39.5 Å². The molecule has 1 aliphatic rings. The lowest BCUT2D eigenvalue weighted by Crippen LogP contribution is -2.18. The van der Waals surface area contributed by atoms with Crippen molar-refractivity contribution < 1.29 is 4.42 Å². The fraction of sp³-hybridized carbons (Fsp3) is 0.0224. The summed E-state index contributed by atoms with van der Waals surface area (Å²) in [5.74, 6) is 1.81. The van der Waals surface area contributed by atoms with Crippen molar-refractivity contribution in [3.05, 3.63) is 515 Å². The first kappa shape index (κ1) is 88.0. The number of hydrogen-bond donors (Lipinski definition) is 0. The second kappa shape index (κ2) is 37.1. The van der Waals surface area contributed by atoms with Crippen LogP contribution in [0.25, 0.3) is 201 Å². The number of thiophene rings is 2. The maximum absolute atomic E-state index is 6.55. The van der Waals surface area contributed by atoms with Crippen LogP contribution in [0.3, 0.4) is 0 Å². The van der Waals surface area contributed by atoms with Crippen molar-refractivity contribution in [3.8, 4) is 84.0 Å². The number of benzene rings is 20. The largest absolute Gasteiger partial charge is 0.456 e. The van der Waals surface area contributed by atoms with Crippen molar-refractivity contribution in [2.75, 3.05) is 14.7 Å². The smallest absolute Gasteiger partial charge is 0.235 e. The van der Waals surface area contributed by atoms with Gasteiger partial charge in [0.25, 0.3) is 0 Å². The predicted molar refractivity (Wildman–Crippen MR) is 618 cm³/mol. The third kappa shape index (κ3) is 15.6. The van der Waals surface area contributed by atoms with Gasteiger partial charge in [0.05, 0.1) is 67.4 Å². The van der Waals surface area contributed by atoms with Crippen molar-refractivity contribution in [1.29, 1.82) is 0 Å². The molecule has 0 atom stereocenters. The molecule has 8 heterocycles. The van der Waals surface area contributed by atoms with Crippen LogP contribution in [0, 0.1) is 0 Å². The Balaban J connectivity index is 0.000000111. The molecule has 8 aromatic heterocycles. The first-order valence-corrected chi connectivity index (χ1v) is 51.4. The molecule has 20 aromatic carbocycles. The Morgan fingerprint density at radius 3 is 1.23 bits per heavy atom. The van der Waals surface area contributed by atoms with Crippen LogP contribution in [0.4, 0.5) is 52.0 Å². The standard InChI is InChI=1S/C50H32N4S.C47H33N3O.C37H24N4S/c1-4-16-33(17-5-1)40-31-42-38-23-12-15-27-47(38)55-48(42)32-46(40)54(50-51-43-25-13-10-24-39(43)49(52-50)34-18-6-2-7-19-34)36-28-29-45-41(30-36)37-22-11-14-26-44(37)53(45)35-20-8-3-9-21-35;1-47(2)39-22-12-9-19-33(39)34-26-25-32(27-40(34)47)50(46-48-41-23-13-10-21-36(41)45(49-46)31-17-7-4-8-18-31)42-29-44-38(35-20-11-14-24-43(35)51-44)28-37(42)30-15-5-3-6-16-30;1-3-11-25(12-4-1)34-32(20-19-29-28-15-8-10-18-33(28)42-36(29)34)41(27-21-23-38-24-22-27)37-39-31-17-9-7-16-30(31)35(40-37)26-13-5-2-6-14-26/h1-32H;3-29H,1-2H3;1-24H. The highest BCUT2D eigenvalue weighted by molar-refractivity contribution is 7.26. The zero-order valence-electron chi connectivity index (χ0n) is 80.6. The number of nitrogens with zero attached hydrogens (tertiary/aromatic N) is 11. The summed E-state index contributed by atoms with van der Waals surface area (Å²) in [6.07, 6.45) is 3.64. The molecule has 0 saturated heterocycles. The van der Waals surface area contributed by atoms with Crippen LogP contribution in [0.2, 0.25) is 0 Å². The number of para-hydroxylation sites is 6. The van der Waals surface area contributed by atoms with Crippen molar-refractivity contribution in [3.63, 3.8) is 0 Å². The van der Waals surface area contributed by atoms with Gasteiger partial charge in [0, 0.05) is 152 Å². The fourth-order valence-electron chi connectivity index (χ4n) is 21.7. The van der Waals surface area contributed by atoms with Gasteiger partial charge in [-0.15, -0.1) is 22.7 Å². The van der Waals surface area contributed by atoms with E-state index in [2.05, 4.69) is 469 Å². The van der Waals surface area contributed by atoms with Crippen LogP contribution in [-0.2, 0) is 5.41 Å². The van der Waals surface area contributed by atoms with Gasteiger partial charge in [-0.2, -0.15) is 0 Å². The summed E-state index contributed by atoms with van der Waals surface area (Å²) in [6, 6.07) is 173. The maximum Gasteiger partial charge on any atom is 0.235 e. The molecule has 0 spiro atoms. The lowest BCUT2D eigenvalue weighted by atomic mass is 9.82. The molecule has 0 aliphatic heterocycles. The lowest BCUT2D eigenvalue weighted by molar-refractivity contribution is 0.660. The third-order valence-corrected chi connectivity index (χ3v) is 31.0. The van der Waals surface area contributed by atoms with Crippen molar-refractivity contribution in [2.24, 2.45) is 0 Å². The molecule has 28 aromatic rings. The topological polar surface area (TPSA) is 118 Å². The fourth-order valence-corrected chi connectivity index (χ4v) is 24.1. The average Bonchev–Trinajstić information content (AvgIpc) is 1.53. The molecule has 0 bridgehead atoms. The quantitative estimate of drug-likeness (QED) is 0.0920. The second-order valence-corrected chi connectivity index (χ2v) is 39.9. The van der Waals surface area contributed by atoms with E-state index in [4.69, 9.17) is 34.3 Å². The molecule has 12 nitrogen and oxygen atoms in total. The number of aromatic nitrogens is 8. The number of fused-ring (bicyclic) bond motifs is 18. The monoisotopic (exact) mass is 1930 g/mol. The van der Waals surface area contributed by atoms with Gasteiger partial charge in [0.2, 0.25) is 17.8 Å². The molecule has 0 amide bonds. The van der Waals surface area contributed by atoms with E-state index in [0.717, 1.165) is 178 Å². The van der Waals surface area contributed by atoms with Gasteiger partial charge in [-0.25, -0.2) is 29.9 Å². The number of rotatable bonds is 16. The first-order valence-electron chi connectivity index (χ1n) is 49.8. The summed E-state index contributed by atoms with van der Waals surface area (Å²) in [4.78, 5) is 43.1. The second-order valence-electron chi connectivity index (χ2n) is 37.7. The molecule has 0 fully saturated rings. The molecule has 698 valence electrons. The van der Waals surface area contributed by atoms with Crippen molar-refractivity contribution in [2.45, 2.75) is 19.3 Å². The summed E-state index contributed by atoms with van der Waals surface area (Å²) >= 11 is 3.65. The van der Waals surface area contributed by atoms with Gasteiger partial charge < -0.3 is 8.98 Å². The van der Waals surface area contributed by atoms with Crippen LogP contribution in [0.1, 0.15) is 25.0 Å². The minimum atomic E-state index is -0.183. The Morgan fingerprint density at radius 2 is 0.662 bits per heavy atom. The summed E-state index contributed by atoms with van der Waals surface area (Å²) in [6.45, 7) is 4.64. The highest BCUT2D eigenvalue weighted by Gasteiger charge is 2.38. The van der Waals surface area contributed by atoms with Gasteiger partial charge in [-0.1, -0.05) is 378 Å². The van der Waals surface area contributed by atoms with Crippen LogP contribution in [0.15, 0.2) is 508 Å². The maximum atomic E-state index is 6.55. The highest BCUT2D eigenvalue weighted by Crippen LogP contribution is 2.56. The van der Waals surface area contributed by atoms with E-state index in [1.807, 2.05) is 95.7 Å². The molecule has 0 radical (unpaired) electrons. The minimum absolute atomic E-state index is 0.183. The Hall–Kier alpha value is -19.0. The highest BCUT2D eigenvalue weighted by atomic mass is 32.1. The molecular weight excluding hydrogens is 1840 g/mol. The normalized spacial score (nSPS) is 12.0. The Kier molecular flexibility index (Phi) is 22.0. The Bertz CT molecular complexity index is 9980. The molecule has 0 unspecified atom stereocenters. The van der Waals surface area contributed by atoms with Gasteiger partial charge in [-0.3, -0.25) is 19.7 Å². The molecule has 29 rings (SSSR count). The third-order valence-electron chi connectivity index (χ3n) is 28.7. The number of furan rings is 1. The lowest BCUT2D eigenvalue weighted by Gasteiger charge is -2.28. The SMILES string of the molecule is CC1(C)c2ccccc2-c2ccc(N(c3nc(-c4ccccc4)c4ccccc4n3)c3cc4oc5ccccc5c4cc3-c3ccccc3)cc21.c1ccc(-c2cc3c(cc2N(c2ccc4c(c2)c2ccccc2n4-c2ccccc2)c2nc(-c4ccccc4)c4ccccc4n2)sc2ccccc23)cc1.c1ccc(-c2nc(N(c3ccncc3)c3ccc4c(sc5ccccc54)c3-c3ccccc3)nc3ccccc23)cc1. The summed E-state index contributed by atoms with van der Waals surface area (Å²) in [7, 11) is 0. The minimum Gasteiger partial charge on any atom is -0.456 e. The molecule has 1 aliphatic carbocycles. The molecule has 0 saturated carbocycles. The zero-order chi connectivity index (χ0) is 98.3. The van der Waals surface area contributed by atoms with Gasteiger partial charge in [-0.05, 0) is 160 Å². The molecule has 148 heavy (non-hydrogen) atoms. The molecular formula is C134H89N11OS2. The van der Waals surface area contributed by atoms with Crippen LogP contribution < -0.4 is 14.7 Å². The Morgan fingerprint density at radius 1 is 0.243 bits per heavy atom. The van der Waals surface area contributed by atoms with E-state index in [1.54, 1.807) is 0 Å². The summed E-state index contributed by atoms with van der Waals surface area (Å²) < 4.78 is 13.9. The van der Waals surface area contributed by atoms with E-state index < -0.39 is 0 Å². The van der Waals surface area contributed by atoms with Crippen molar-refractivity contribution >= 4 is 191 Å². The predicted octanol–water partition coefficient (Wildman–Crippen LogP) is 36.7. The van der Waals surface area contributed by atoms with Gasteiger partial charge in [0.1, 0.15) is 11.2 Å². The van der Waals surface area contributed by atoms with Crippen LogP contribution in [0.5, 0.6) is 0 Å². The van der Waals surface area contributed by atoms with E-state index in [-0.39, 0.29) is 5.41 Å². The van der Waals surface area contributed by atoms with E-state index in [9.17, 15) is 0 Å². The first-order chi connectivity index (χ1) is 73.2. The molecule has 14 heteroatoms. The van der Waals surface area contributed by atoms with E-state index in [1.165, 1.54) is 68.0 Å². The van der Waals surface area contributed by atoms with E-state index in [0.29, 0.717) is 17.8 Å². The zero-order valence-corrected chi connectivity index (χ0v) is 82.2. The van der Waals surface area contributed by atoms with E-state index >= 15 is 0 Å². The van der Waals surface area contributed by atoms with Gasteiger partial charge in [0.15, 0.2) is 0 Å². The number of pyridine rings is 1. The molecule has 0 N–H and O–H groups in total. The van der Waals surface area contributed by atoms with Crippen LogP contribution >= 0.6 is 22.7 Å². The van der Waals surface area contributed by atoms with Crippen molar-refractivity contribution in [1.82, 2.24) is 39.5 Å². The number of anilines is 9. The Labute approximate surface area is 861 Å². The number of hydrogen-bond acceptors (Lipinski definition) is 13. The average molecular weight is 1930 g/mol. The summed E-state index contributed by atoms with van der Waals surface area (Å²) in [5, 5.41) is 12.6. The summed E-state index contributed by atoms with van der Waals surface area (Å²) in [5.41, 5.74) is 31.2.